The maximum absolute atomic E-state index is 13.6. The predicted molar refractivity (Wildman–Crippen MR) is 125 cm³/mol. The van der Waals surface area contributed by atoms with Gasteiger partial charge in [0.1, 0.15) is 16.6 Å². The highest BCUT2D eigenvalue weighted by Crippen LogP contribution is 2.41. The molecule has 0 spiro atoms. The molecule has 6 rings (SSSR count). The van der Waals surface area contributed by atoms with E-state index < -0.39 is 0 Å². The largest absolute Gasteiger partial charge is 0.361 e. The minimum Gasteiger partial charge on any atom is -0.361 e. The molecular formula is C24H29FN6S. The zero-order valence-electron chi connectivity index (χ0n) is 18.6. The molecule has 4 heterocycles. The van der Waals surface area contributed by atoms with Crippen molar-refractivity contribution in [3.05, 3.63) is 52.7 Å². The van der Waals surface area contributed by atoms with Crippen molar-refractivity contribution in [2.75, 3.05) is 23.3 Å². The van der Waals surface area contributed by atoms with E-state index in [2.05, 4.69) is 32.3 Å². The predicted octanol–water partition coefficient (Wildman–Crippen LogP) is 4.74. The van der Waals surface area contributed by atoms with Crippen LogP contribution in [0.1, 0.15) is 54.2 Å². The molecule has 1 saturated heterocycles. The van der Waals surface area contributed by atoms with Crippen molar-refractivity contribution in [1.82, 2.24) is 19.1 Å². The Bertz CT molecular complexity index is 1130. The quantitative estimate of drug-likeness (QED) is 0.619. The Labute approximate surface area is 192 Å². The van der Waals surface area contributed by atoms with E-state index in [1.807, 2.05) is 13.0 Å². The van der Waals surface area contributed by atoms with Gasteiger partial charge in [-0.05, 0) is 92.2 Å². The van der Waals surface area contributed by atoms with Crippen LogP contribution in [0.5, 0.6) is 0 Å². The number of rotatable bonds is 4. The maximum Gasteiger partial charge on any atom is 0.242 e. The zero-order valence-corrected chi connectivity index (χ0v) is 19.4. The van der Waals surface area contributed by atoms with E-state index in [1.54, 1.807) is 23.7 Å². The number of hydrogen-bond donors (Lipinski definition) is 1. The number of aryl methyl sites for hydroxylation is 3. The average Bonchev–Trinajstić information content (AvgIpc) is 3.44. The number of aromatic nitrogens is 4. The standard InChI is InChI=1S/C24H29FN6S/c1-14-10-18(25)7-8-19(14)20-4-3-9-31-23(20)27-24(28-31)26-22-16-5-6-17(22)13-30(12-16)21-11-15(2)29-32-21/h7-8,10-11,16-17,20,22H,3-6,9,12-13H2,1-2H3,(H,26,28)/t16-,17+,20?,22?. The fourth-order valence-electron chi connectivity index (χ4n) is 6.02. The summed E-state index contributed by atoms with van der Waals surface area (Å²) < 4.78 is 20.2. The van der Waals surface area contributed by atoms with E-state index >= 15 is 0 Å². The number of benzene rings is 1. The molecular weight excluding hydrogens is 423 g/mol. The minimum absolute atomic E-state index is 0.179. The van der Waals surface area contributed by atoms with Gasteiger partial charge in [0.05, 0.1) is 5.69 Å². The molecule has 1 N–H and O–H groups in total. The summed E-state index contributed by atoms with van der Waals surface area (Å²) in [6.45, 7) is 7.09. The van der Waals surface area contributed by atoms with Gasteiger partial charge in [-0.2, -0.15) is 9.36 Å². The summed E-state index contributed by atoms with van der Waals surface area (Å²) in [6, 6.07) is 7.74. The number of hydrogen-bond acceptors (Lipinski definition) is 6. The van der Waals surface area contributed by atoms with Crippen LogP contribution < -0.4 is 10.2 Å². The summed E-state index contributed by atoms with van der Waals surface area (Å²) in [5.74, 6) is 2.98. The molecule has 1 aliphatic carbocycles. The molecule has 3 aliphatic rings. The molecule has 2 aromatic heterocycles. The Morgan fingerprint density at radius 1 is 1.09 bits per heavy atom. The van der Waals surface area contributed by atoms with Gasteiger partial charge in [0.25, 0.3) is 0 Å². The van der Waals surface area contributed by atoms with Crippen LogP contribution in [-0.2, 0) is 6.54 Å². The SMILES string of the molecule is Cc1cc(N2C[C@H]3CC[C@@H](C2)C3Nc2nc3n(n2)CCCC3c2ccc(F)cc2C)sn1. The smallest absolute Gasteiger partial charge is 0.242 e. The first-order chi connectivity index (χ1) is 15.5. The monoisotopic (exact) mass is 452 g/mol. The summed E-state index contributed by atoms with van der Waals surface area (Å²) in [7, 11) is 0. The first-order valence-corrected chi connectivity index (χ1v) is 12.5. The highest BCUT2D eigenvalue weighted by Gasteiger charge is 2.43. The van der Waals surface area contributed by atoms with Crippen LogP contribution in [0, 0.1) is 31.5 Å². The van der Waals surface area contributed by atoms with Crippen LogP contribution >= 0.6 is 11.5 Å². The van der Waals surface area contributed by atoms with Gasteiger partial charge in [-0.1, -0.05) is 6.07 Å². The van der Waals surface area contributed by atoms with Crippen molar-refractivity contribution < 1.29 is 4.39 Å². The van der Waals surface area contributed by atoms with Gasteiger partial charge < -0.3 is 10.2 Å². The molecule has 6 nitrogen and oxygen atoms in total. The van der Waals surface area contributed by atoms with Crippen molar-refractivity contribution in [3.8, 4) is 0 Å². The molecule has 0 amide bonds. The first kappa shape index (κ1) is 20.1. The zero-order chi connectivity index (χ0) is 21.8. The van der Waals surface area contributed by atoms with E-state index in [9.17, 15) is 4.39 Å². The van der Waals surface area contributed by atoms with Crippen molar-refractivity contribution in [2.45, 2.75) is 58.0 Å². The van der Waals surface area contributed by atoms with Crippen LogP contribution in [0.3, 0.4) is 0 Å². The van der Waals surface area contributed by atoms with Crippen LogP contribution in [0.15, 0.2) is 24.3 Å². The Morgan fingerprint density at radius 3 is 2.62 bits per heavy atom. The summed E-state index contributed by atoms with van der Waals surface area (Å²) in [5.41, 5.74) is 3.26. The summed E-state index contributed by atoms with van der Waals surface area (Å²) in [5, 5.41) is 9.87. The number of halogens is 1. The molecule has 4 atom stereocenters. The molecule has 2 bridgehead atoms. The van der Waals surface area contributed by atoms with Gasteiger partial charge in [-0.3, -0.25) is 0 Å². The van der Waals surface area contributed by atoms with Crippen LogP contribution in [0.4, 0.5) is 15.3 Å². The van der Waals surface area contributed by atoms with E-state index in [0.717, 1.165) is 55.5 Å². The third-order valence-corrected chi connectivity index (χ3v) is 8.48. The second kappa shape index (κ2) is 7.83. The molecule has 2 unspecified atom stereocenters. The van der Waals surface area contributed by atoms with E-state index in [1.165, 1.54) is 23.4 Å². The molecule has 1 saturated carbocycles. The van der Waals surface area contributed by atoms with Gasteiger partial charge in [0.15, 0.2) is 0 Å². The first-order valence-electron chi connectivity index (χ1n) is 11.7. The Morgan fingerprint density at radius 2 is 1.91 bits per heavy atom. The van der Waals surface area contributed by atoms with Crippen molar-refractivity contribution in [3.63, 3.8) is 0 Å². The summed E-state index contributed by atoms with van der Waals surface area (Å²) in [6.07, 6.45) is 4.60. The van der Waals surface area contributed by atoms with E-state index in [-0.39, 0.29) is 11.7 Å². The van der Waals surface area contributed by atoms with E-state index in [4.69, 9.17) is 10.1 Å². The van der Waals surface area contributed by atoms with Gasteiger partial charge in [-0.15, -0.1) is 5.10 Å². The fraction of sp³-hybridized carbons (Fsp3) is 0.542. The molecule has 0 radical (unpaired) electrons. The third-order valence-electron chi connectivity index (χ3n) is 7.54. The average molecular weight is 453 g/mol. The Balaban J connectivity index is 1.21. The summed E-state index contributed by atoms with van der Waals surface area (Å²) >= 11 is 1.62. The lowest BCUT2D eigenvalue weighted by Crippen LogP contribution is -2.48. The number of piperidine rings is 1. The molecule has 32 heavy (non-hydrogen) atoms. The van der Waals surface area contributed by atoms with Gasteiger partial charge in [0.2, 0.25) is 5.95 Å². The van der Waals surface area contributed by atoms with Crippen LogP contribution in [0.2, 0.25) is 0 Å². The molecule has 3 aromatic rings. The lowest BCUT2D eigenvalue weighted by Gasteiger charge is -2.38. The van der Waals surface area contributed by atoms with Gasteiger partial charge in [0, 0.05) is 31.6 Å². The maximum atomic E-state index is 13.6. The molecule has 168 valence electrons. The minimum atomic E-state index is -0.179. The van der Waals surface area contributed by atoms with Gasteiger partial charge in [-0.25, -0.2) is 9.07 Å². The topological polar surface area (TPSA) is 58.9 Å². The highest BCUT2D eigenvalue weighted by molar-refractivity contribution is 7.10. The number of anilines is 2. The lowest BCUT2D eigenvalue weighted by atomic mass is 9.88. The van der Waals surface area contributed by atoms with Gasteiger partial charge >= 0.3 is 0 Å². The van der Waals surface area contributed by atoms with Crippen molar-refractivity contribution >= 4 is 22.5 Å². The number of nitrogens with one attached hydrogen (secondary N) is 1. The Kier molecular flexibility index (Phi) is 4.93. The molecule has 2 aliphatic heterocycles. The lowest BCUT2D eigenvalue weighted by molar-refractivity contribution is 0.377. The summed E-state index contributed by atoms with van der Waals surface area (Å²) in [4.78, 5) is 7.49. The molecule has 8 heteroatoms. The second-order valence-electron chi connectivity index (χ2n) is 9.69. The highest BCUT2D eigenvalue weighted by atomic mass is 32.1. The second-order valence-corrected chi connectivity index (χ2v) is 10.5. The normalized spacial score (nSPS) is 26.9. The fourth-order valence-corrected chi connectivity index (χ4v) is 6.80. The van der Waals surface area contributed by atoms with Crippen LogP contribution in [0.25, 0.3) is 0 Å². The van der Waals surface area contributed by atoms with Crippen molar-refractivity contribution in [2.24, 2.45) is 11.8 Å². The number of nitrogens with zero attached hydrogens (tertiary/aromatic N) is 5. The number of fused-ring (bicyclic) bond motifs is 3. The van der Waals surface area contributed by atoms with E-state index in [0.29, 0.717) is 17.9 Å². The Hall–Kier alpha value is -2.48. The third kappa shape index (κ3) is 3.49. The van der Waals surface area contributed by atoms with Crippen molar-refractivity contribution in [1.29, 1.82) is 0 Å². The van der Waals surface area contributed by atoms with Crippen LogP contribution in [-0.4, -0.2) is 38.3 Å². The molecule has 2 fully saturated rings. The molecule has 1 aromatic carbocycles.